The van der Waals surface area contributed by atoms with E-state index in [0.29, 0.717) is 0 Å². The number of anilines is 2. The minimum atomic E-state index is 0.184. The van der Waals surface area contributed by atoms with Gasteiger partial charge in [-0.2, -0.15) is 0 Å². The molecule has 0 saturated carbocycles. The lowest BCUT2D eigenvalue weighted by atomic mass is 9.96. The average molecular weight is 321 g/mol. The maximum absolute atomic E-state index is 13.0. The Morgan fingerprint density at radius 3 is 2.50 bits per heavy atom. The van der Waals surface area contributed by atoms with Gasteiger partial charge in [-0.1, -0.05) is 24.3 Å². The van der Waals surface area contributed by atoms with Gasteiger partial charge in [-0.15, -0.1) is 0 Å². The molecule has 124 valence electrons. The molecule has 1 amide bonds. The molecule has 0 radical (unpaired) electrons. The average Bonchev–Trinajstić information content (AvgIpc) is 2.68. The Kier molecular flexibility index (Phi) is 4.11. The van der Waals surface area contributed by atoms with Crippen LogP contribution < -0.4 is 10.2 Å². The molecule has 0 spiro atoms. The van der Waals surface area contributed by atoms with Gasteiger partial charge in [0.2, 0.25) is 0 Å². The molecular formula is C20H23N3O. The molecule has 1 fully saturated rings. The second kappa shape index (κ2) is 6.56. The maximum atomic E-state index is 13.0. The Morgan fingerprint density at radius 1 is 0.917 bits per heavy atom. The van der Waals surface area contributed by atoms with Crippen LogP contribution in [0.2, 0.25) is 0 Å². The summed E-state index contributed by atoms with van der Waals surface area (Å²) in [5, 5.41) is 3.41. The van der Waals surface area contributed by atoms with E-state index in [4.69, 9.17) is 0 Å². The molecule has 4 nitrogen and oxygen atoms in total. The number of nitrogens with one attached hydrogen (secondary N) is 1. The molecule has 0 aliphatic carbocycles. The number of hydrogen-bond acceptors (Lipinski definition) is 3. The molecule has 2 aliphatic rings. The number of nitrogens with zero attached hydrogens (tertiary/aromatic N) is 2. The van der Waals surface area contributed by atoms with E-state index < -0.39 is 0 Å². The number of carbonyl (C=O) groups is 1. The number of fused-ring (bicyclic) bond motifs is 1. The van der Waals surface area contributed by atoms with Crippen molar-refractivity contribution in [3.8, 4) is 0 Å². The largest absolute Gasteiger partial charge is 0.385 e. The molecule has 0 atom stereocenters. The fourth-order valence-electron chi connectivity index (χ4n) is 3.69. The Labute approximate surface area is 143 Å². The first-order valence-corrected chi connectivity index (χ1v) is 8.78. The molecule has 0 bridgehead atoms. The summed E-state index contributed by atoms with van der Waals surface area (Å²) in [6.45, 7) is 4.35. The first-order chi connectivity index (χ1) is 11.8. The van der Waals surface area contributed by atoms with Gasteiger partial charge in [0.05, 0.1) is 0 Å². The van der Waals surface area contributed by atoms with Crippen molar-refractivity contribution in [2.24, 2.45) is 0 Å². The second-order valence-corrected chi connectivity index (χ2v) is 6.48. The smallest absolute Gasteiger partial charge is 0.254 e. The van der Waals surface area contributed by atoms with Gasteiger partial charge >= 0.3 is 0 Å². The van der Waals surface area contributed by atoms with Crippen LogP contribution in [0.3, 0.4) is 0 Å². The van der Waals surface area contributed by atoms with Gasteiger partial charge < -0.3 is 15.1 Å². The Morgan fingerprint density at radius 2 is 1.71 bits per heavy atom. The second-order valence-electron chi connectivity index (χ2n) is 6.48. The number of carbonyl (C=O) groups excluding carboxylic acids is 1. The summed E-state index contributed by atoms with van der Waals surface area (Å²) < 4.78 is 0. The summed E-state index contributed by atoms with van der Waals surface area (Å²) in [4.78, 5) is 17.4. The third kappa shape index (κ3) is 2.84. The van der Waals surface area contributed by atoms with Crippen LogP contribution in [0, 0.1) is 0 Å². The quantitative estimate of drug-likeness (QED) is 0.923. The first kappa shape index (κ1) is 15.1. The highest BCUT2D eigenvalue weighted by molar-refractivity contribution is 5.97. The third-order valence-electron chi connectivity index (χ3n) is 5.01. The van der Waals surface area contributed by atoms with Crippen LogP contribution in [-0.2, 0) is 6.42 Å². The molecule has 2 heterocycles. The molecule has 2 aliphatic heterocycles. The highest BCUT2D eigenvalue weighted by Crippen LogP contribution is 2.27. The van der Waals surface area contributed by atoms with Crippen molar-refractivity contribution in [1.82, 2.24) is 4.90 Å². The lowest BCUT2D eigenvalue weighted by molar-refractivity contribution is 0.0745. The van der Waals surface area contributed by atoms with Gasteiger partial charge in [-0.3, -0.25) is 4.79 Å². The fraction of sp³-hybridized carbons (Fsp3) is 0.350. The van der Waals surface area contributed by atoms with Crippen LogP contribution in [-0.4, -0.2) is 43.5 Å². The summed E-state index contributed by atoms with van der Waals surface area (Å²) in [6.07, 6.45) is 2.09. The van der Waals surface area contributed by atoms with Crippen molar-refractivity contribution in [3.05, 3.63) is 59.7 Å². The van der Waals surface area contributed by atoms with E-state index in [1.54, 1.807) is 0 Å². The van der Waals surface area contributed by atoms with Crippen LogP contribution in [0.5, 0.6) is 0 Å². The number of benzene rings is 2. The lowest BCUT2D eigenvalue weighted by Gasteiger charge is -2.36. The van der Waals surface area contributed by atoms with Crippen molar-refractivity contribution in [3.63, 3.8) is 0 Å². The van der Waals surface area contributed by atoms with Gasteiger partial charge in [-0.25, -0.2) is 0 Å². The predicted octanol–water partition coefficient (Wildman–Crippen LogP) is 3.01. The predicted molar refractivity (Wildman–Crippen MR) is 97.8 cm³/mol. The molecule has 4 rings (SSSR count). The molecular weight excluding hydrogens is 298 g/mol. The van der Waals surface area contributed by atoms with Crippen molar-refractivity contribution in [1.29, 1.82) is 0 Å². The summed E-state index contributed by atoms with van der Waals surface area (Å²) in [5.74, 6) is 0.184. The SMILES string of the molecule is O=C(c1cccc2c1CCCN2)N1CCN(c2ccccc2)CC1. The molecule has 2 aromatic carbocycles. The number of hydrogen-bond donors (Lipinski definition) is 1. The standard InChI is InChI=1S/C20H23N3O/c24-20(18-8-4-10-19-17(18)9-5-11-21-19)23-14-12-22(13-15-23)16-6-2-1-3-7-16/h1-4,6-8,10,21H,5,9,11-15H2. The van der Waals surface area contributed by atoms with Crippen molar-refractivity contribution in [2.75, 3.05) is 42.9 Å². The monoisotopic (exact) mass is 321 g/mol. The zero-order valence-electron chi connectivity index (χ0n) is 13.9. The van der Waals surface area contributed by atoms with E-state index in [9.17, 15) is 4.79 Å². The van der Waals surface area contributed by atoms with Crippen LogP contribution in [0.25, 0.3) is 0 Å². The van der Waals surface area contributed by atoms with E-state index in [1.807, 2.05) is 23.1 Å². The minimum absolute atomic E-state index is 0.184. The number of piperazine rings is 1. The molecule has 4 heteroatoms. The van der Waals surface area contributed by atoms with Gasteiger partial charge in [0.25, 0.3) is 5.91 Å². The number of rotatable bonds is 2. The number of amides is 1. The van der Waals surface area contributed by atoms with E-state index in [0.717, 1.165) is 56.8 Å². The van der Waals surface area contributed by atoms with E-state index in [2.05, 4.69) is 40.5 Å². The zero-order valence-corrected chi connectivity index (χ0v) is 13.9. The maximum Gasteiger partial charge on any atom is 0.254 e. The first-order valence-electron chi connectivity index (χ1n) is 8.78. The summed E-state index contributed by atoms with van der Waals surface area (Å²) in [5.41, 5.74) is 4.45. The summed E-state index contributed by atoms with van der Waals surface area (Å²) in [6, 6.07) is 16.5. The molecule has 1 N–H and O–H groups in total. The van der Waals surface area contributed by atoms with Crippen LogP contribution in [0.1, 0.15) is 22.3 Å². The van der Waals surface area contributed by atoms with Crippen LogP contribution in [0.4, 0.5) is 11.4 Å². The minimum Gasteiger partial charge on any atom is -0.385 e. The van der Waals surface area contributed by atoms with Crippen LogP contribution >= 0.6 is 0 Å². The summed E-state index contributed by atoms with van der Waals surface area (Å²) >= 11 is 0. The lowest BCUT2D eigenvalue weighted by Crippen LogP contribution is -2.49. The number of para-hydroxylation sites is 1. The molecule has 0 aromatic heterocycles. The highest BCUT2D eigenvalue weighted by Gasteiger charge is 2.25. The molecule has 2 aromatic rings. The van der Waals surface area contributed by atoms with Crippen molar-refractivity contribution < 1.29 is 4.79 Å². The van der Waals surface area contributed by atoms with Gasteiger partial charge in [0.15, 0.2) is 0 Å². The Bertz CT molecular complexity index is 721. The normalized spacial score (nSPS) is 17.2. The van der Waals surface area contributed by atoms with Crippen molar-refractivity contribution >= 4 is 17.3 Å². The van der Waals surface area contributed by atoms with E-state index in [-0.39, 0.29) is 5.91 Å². The van der Waals surface area contributed by atoms with Crippen molar-refractivity contribution in [2.45, 2.75) is 12.8 Å². The van der Waals surface area contributed by atoms with Crippen LogP contribution in [0.15, 0.2) is 48.5 Å². The Balaban J connectivity index is 1.47. The third-order valence-corrected chi connectivity index (χ3v) is 5.01. The van der Waals surface area contributed by atoms with E-state index in [1.165, 1.54) is 11.3 Å². The molecule has 1 saturated heterocycles. The molecule has 24 heavy (non-hydrogen) atoms. The fourth-order valence-corrected chi connectivity index (χ4v) is 3.69. The van der Waals surface area contributed by atoms with Gasteiger partial charge in [-0.05, 0) is 42.7 Å². The highest BCUT2D eigenvalue weighted by atomic mass is 16.2. The zero-order chi connectivity index (χ0) is 16.4. The van der Waals surface area contributed by atoms with Gasteiger partial charge in [0, 0.05) is 49.7 Å². The van der Waals surface area contributed by atoms with Gasteiger partial charge in [0.1, 0.15) is 0 Å². The Hall–Kier alpha value is -2.49. The summed E-state index contributed by atoms with van der Waals surface area (Å²) in [7, 11) is 0. The molecule has 0 unspecified atom stereocenters. The topological polar surface area (TPSA) is 35.6 Å². The van der Waals surface area contributed by atoms with E-state index >= 15 is 0 Å².